The number of aliphatic hydroxyl groups is 1. The minimum atomic E-state index is -0.370. The lowest BCUT2D eigenvalue weighted by Crippen LogP contribution is -2.31. The van der Waals surface area contributed by atoms with Crippen LogP contribution < -0.4 is 0 Å². The zero-order chi connectivity index (χ0) is 9.68. The predicted octanol–water partition coefficient (Wildman–Crippen LogP) is 1.85. The fourth-order valence-corrected chi connectivity index (χ4v) is 1.33. The average Bonchev–Trinajstić information content (AvgIpc) is 2.15. The Morgan fingerprint density at radius 3 is 2.38 bits per heavy atom. The summed E-state index contributed by atoms with van der Waals surface area (Å²) in [6.45, 7) is 5.53. The number of benzene rings is 1. The minimum absolute atomic E-state index is 0.370. The maximum Gasteiger partial charge on any atom is 0.104 e. The molecule has 1 unspecified atom stereocenters. The van der Waals surface area contributed by atoms with Crippen molar-refractivity contribution in [1.82, 2.24) is 4.90 Å². The van der Waals surface area contributed by atoms with Crippen LogP contribution in [0.25, 0.3) is 0 Å². The third-order valence-corrected chi connectivity index (χ3v) is 2.16. The summed E-state index contributed by atoms with van der Waals surface area (Å²) in [5.74, 6) is 0. The molecule has 1 aromatic carbocycles. The maximum atomic E-state index is 9.40. The number of hydrogen-bond donors (Lipinski definition) is 1. The van der Waals surface area contributed by atoms with Gasteiger partial charge in [0, 0.05) is 6.54 Å². The van der Waals surface area contributed by atoms with Gasteiger partial charge in [-0.05, 0) is 19.0 Å². The summed E-state index contributed by atoms with van der Waals surface area (Å²) < 4.78 is 0. The van der Waals surface area contributed by atoms with E-state index in [9.17, 15) is 5.11 Å². The molecular formula is C11H17NO. The van der Waals surface area contributed by atoms with Crippen molar-refractivity contribution in [2.45, 2.75) is 26.6 Å². The van der Waals surface area contributed by atoms with Crippen molar-refractivity contribution in [2.24, 2.45) is 0 Å². The SMILES string of the molecule is CCN(Cc1ccccc1)C(C)O. The van der Waals surface area contributed by atoms with E-state index in [-0.39, 0.29) is 6.23 Å². The molecule has 1 atom stereocenters. The van der Waals surface area contributed by atoms with Crippen LogP contribution >= 0.6 is 0 Å². The Morgan fingerprint density at radius 2 is 1.92 bits per heavy atom. The molecule has 0 aliphatic heterocycles. The highest BCUT2D eigenvalue weighted by Gasteiger charge is 2.07. The molecule has 0 saturated carbocycles. The first-order valence-electron chi connectivity index (χ1n) is 4.70. The van der Waals surface area contributed by atoms with E-state index in [2.05, 4.69) is 19.1 Å². The number of nitrogens with zero attached hydrogens (tertiary/aromatic N) is 1. The molecule has 0 spiro atoms. The Hall–Kier alpha value is -0.860. The van der Waals surface area contributed by atoms with Gasteiger partial charge in [0.05, 0.1) is 0 Å². The first-order valence-corrected chi connectivity index (χ1v) is 4.70. The molecule has 0 heterocycles. The van der Waals surface area contributed by atoms with Crippen molar-refractivity contribution in [2.75, 3.05) is 6.54 Å². The van der Waals surface area contributed by atoms with E-state index >= 15 is 0 Å². The van der Waals surface area contributed by atoms with Crippen molar-refractivity contribution < 1.29 is 5.11 Å². The van der Waals surface area contributed by atoms with Crippen molar-refractivity contribution >= 4 is 0 Å². The molecule has 0 radical (unpaired) electrons. The molecular weight excluding hydrogens is 162 g/mol. The van der Waals surface area contributed by atoms with Crippen LogP contribution in [0.5, 0.6) is 0 Å². The standard InChI is InChI=1S/C11H17NO/c1-3-12(10(2)13)9-11-7-5-4-6-8-11/h4-8,10,13H,3,9H2,1-2H3. The number of aliphatic hydroxyl groups excluding tert-OH is 1. The first-order chi connectivity index (χ1) is 6.24. The van der Waals surface area contributed by atoms with Gasteiger partial charge in [0.15, 0.2) is 0 Å². The molecule has 0 aromatic heterocycles. The van der Waals surface area contributed by atoms with Crippen LogP contribution in [0.4, 0.5) is 0 Å². The van der Waals surface area contributed by atoms with Crippen LogP contribution in [-0.4, -0.2) is 22.8 Å². The zero-order valence-electron chi connectivity index (χ0n) is 8.27. The van der Waals surface area contributed by atoms with E-state index in [0.29, 0.717) is 0 Å². The van der Waals surface area contributed by atoms with Gasteiger partial charge in [-0.3, -0.25) is 4.90 Å². The largest absolute Gasteiger partial charge is 0.379 e. The second kappa shape index (κ2) is 5.00. The Morgan fingerprint density at radius 1 is 1.31 bits per heavy atom. The second-order valence-electron chi connectivity index (χ2n) is 3.18. The Kier molecular flexibility index (Phi) is 3.93. The normalized spacial score (nSPS) is 13.2. The van der Waals surface area contributed by atoms with E-state index in [4.69, 9.17) is 0 Å². The van der Waals surface area contributed by atoms with E-state index in [1.807, 2.05) is 23.1 Å². The third-order valence-electron chi connectivity index (χ3n) is 2.16. The summed E-state index contributed by atoms with van der Waals surface area (Å²) >= 11 is 0. The summed E-state index contributed by atoms with van der Waals surface area (Å²) in [7, 11) is 0. The van der Waals surface area contributed by atoms with Gasteiger partial charge in [0.25, 0.3) is 0 Å². The second-order valence-corrected chi connectivity index (χ2v) is 3.18. The van der Waals surface area contributed by atoms with Gasteiger partial charge in [0.2, 0.25) is 0 Å². The van der Waals surface area contributed by atoms with Gasteiger partial charge in [-0.25, -0.2) is 0 Å². The highest BCUT2D eigenvalue weighted by atomic mass is 16.3. The predicted molar refractivity (Wildman–Crippen MR) is 54.2 cm³/mol. The summed E-state index contributed by atoms with van der Waals surface area (Å²) in [6, 6.07) is 10.2. The van der Waals surface area contributed by atoms with Gasteiger partial charge in [-0.15, -0.1) is 0 Å². The quantitative estimate of drug-likeness (QED) is 0.713. The van der Waals surface area contributed by atoms with Gasteiger partial charge in [-0.1, -0.05) is 37.3 Å². The highest BCUT2D eigenvalue weighted by molar-refractivity contribution is 5.14. The fourth-order valence-electron chi connectivity index (χ4n) is 1.33. The number of hydrogen-bond acceptors (Lipinski definition) is 2. The van der Waals surface area contributed by atoms with Crippen LogP contribution in [0.1, 0.15) is 19.4 Å². The topological polar surface area (TPSA) is 23.5 Å². The highest BCUT2D eigenvalue weighted by Crippen LogP contribution is 2.05. The van der Waals surface area contributed by atoms with Crippen LogP contribution in [0.3, 0.4) is 0 Å². The van der Waals surface area contributed by atoms with Gasteiger partial charge in [0.1, 0.15) is 6.23 Å². The Bertz CT molecular complexity index is 233. The molecule has 72 valence electrons. The van der Waals surface area contributed by atoms with Crippen molar-refractivity contribution in [3.63, 3.8) is 0 Å². The summed E-state index contributed by atoms with van der Waals surface area (Å²) in [5.41, 5.74) is 1.24. The number of rotatable bonds is 4. The average molecular weight is 179 g/mol. The van der Waals surface area contributed by atoms with E-state index in [1.54, 1.807) is 6.92 Å². The molecule has 1 aromatic rings. The lowest BCUT2D eigenvalue weighted by Gasteiger charge is -2.23. The molecule has 2 heteroatoms. The maximum absolute atomic E-state index is 9.40. The van der Waals surface area contributed by atoms with Crippen LogP contribution in [0, 0.1) is 0 Å². The molecule has 0 aliphatic carbocycles. The summed E-state index contributed by atoms with van der Waals surface area (Å²) in [6.07, 6.45) is -0.370. The smallest absolute Gasteiger partial charge is 0.104 e. The molecule has 0 fully saturated rings. The molecule has 0 aliphatic rings. The monoisotopic (exact) mass is 179 g/mol. The van der Waals surface area contributed by atoms with Gasteiger partial charge < -0.3 is 5.11 Å². The Labute approximate surface area is 79.8 Å². The first kappa shape index (κ1) is 10.2. The molecule has 2 nitrogen and oxygen atoms in total. The minimum Gasteiger partial charge on any atom is -0.379 e. The van der Waals surface area contributed by atoms with Crippen molar-refractivity contribution in [3.05, 3.63) is 35.9 Å². The molecule has 1 N–H and O–H groups in total. The Balaban J connectivity index is 2.57. The lowest BCUT2D eigenvalue weighted by molar-refractivity contribution is 0.0166. The molecule has 1 rings (SSSR count). The van der Waals surface area contributed by atoms with Crippen LogP contribution in [-0.2, 0) is 6.54 Å². The van der Waals surface area contributed by atoms with E-state index in [1.165, 1.54) is 5.56 Å². The van der Waals surface area contributed by atoms with E-state index < -0.39 is 0 Å². The molecule has 0 bridgehead atoms. The van der Waals surface area contributed by atoms with Crippen LogP contribution in [0.15, 0.2) is 30.3 Å². The zero-order valence-corrected chi connectivity index (χ0v) is 8.27. The van der Waals surface area contributed by atoms with Crippen LogP contribution in [0.2, 0.25) is 0 Å². The van der Waals surface area contributed by atoms with Gasteiger partial charge in [-0.2, -0.15) is 0 Å². The summed E-state index contributed by atoms with van der Waals surface area (Å²) in [4.78, 5) is 2.01. The van der Waals surface area contributed by atoms with Crippen molar-refractivity contribution in [3.8, 4) is 0 Å². The molecule has 13 heavy (non-hydrogen) atoms. The van der Waals surface area contributed by atoms with Crippen molar-refractivity contribution in [1.29, 1.82) is 0 Å². The third kappa shape index (κ3) is 3.17. The van der Waals surface area contributed by atoms with E-state index in [0.717, 1.165) is 13.1 Å². The lowest BCUT2D eigenvalue weighted by atomic mass is 10.2. The van der Waals surface area contributed by atoms with Gasteiger partial charge >= 0.3 is 0 Å². The molecule has 0 amide bonds. The molecule has 0 saturated heterocycles. The summed E-state index contributed by atoms with van der Waals surface area (Å²) in [5, 5.41) is 9.40. The fraction of sp³-hybridized carbons (Fsp3) is 0.455.